The van der Waals surface area contributed by atoms with E-state index in [4.69, 9.17) is 14.5 Å². The second kappa shape index (κ2) is 13.3. The molecule has 0 aliphatic carbocycles. The van der Waals surface area contributed by atoms with Crippen molar-refractivity contribution in [1.82, 2.24) is 0 Å². The number of phosphoric ester groups is 1. The number of phosphoric acid groups is 1. The van der Waals surface area contributed by atoms with Crippen molar-refractivity contribution in [2.75, 3.05) is 13.2 Å². The highest BCUT2D eigenvalue weighted by Gasteiger charge is 2.14. The maximum absolute atomic E-state index is 10.7. The van der Waals surface area contributed by atoms with Crippen LogP contribution in [0.25, 0.3) is 0 Å². The highest BCUT2D eigenvalue weighted by Crippen LogP contribution is 2.36. The van der Waals surface area contributed by atoms with Gasteiger partial charge in [0, 0.05) is 0 Å². The quantitative estimate of drug-likeness (QED) is 0.308. The van der Waals surface area contributed by atoms with E-state index >= 15 is 0 Å². The van der Waals surface area contributed by atoms with Crippen LogP contribution in [-0.4, -0.2) is 23.0 Å². The molecule has 0 aliphatic rings. The monoisotopic (exact) mass is 386 g/mol. The van der Waals surface area contributed by atoms with Crippen LogP contribution in [0.1, 0.15) is 70.8 Å². The molecule has 0 heterocycles. The Bertz CT molecular complexity index is 529. The second-order valence-electron chi connectivity index (χ2n) is 7.01. The average Bonchev–Trinajstić information content (AvgIpc) is 2.59. The summed E-state index contributed by atoms with van der Waals surface area (Å²) in [6.07, 6.45) is 10.6. The lowest BCUT2D eigenvalue weighted by atomic mass is 10.0. The SMILES string of the molecule is CCCCCCCCCc1ccccc1OCC(C)CCOP(=O)(O)O. The molecule has 5 nitrogen and oxygen atoms in total. The van der Waals surface area contributed by atoms with Gasteiger partial charge in [0.25, 0.3) is 0 Å². The van der Waals surface area contributed by atoms with E-state index in [-0.39, 0.29) is 12.5 Å². The fraction of sp³-hybridized carbons (Fsp3) is 0.700. The van der Waals surface area contributed by atoms with Crippen molar-refractivity contribution in [3.05, 3.63) is 29.8 Å². The van der Waals surface area contributed by atoms with Gasteiger partial charge in [-0.2, -0.15) is 0 Å². The fourth-order valence-corrected chi connectivity index (χ4v) is 3.16. The molecule has 6 heteroatoms. The van der Waals surface area contributed by atoms with Crippen LogP contribution < -0.4 is 4.74 Å². The summed E-state index contributed by atoms with van der Waals surface area (Å²) in [6, 6.07) is 8.13. The zero-order chi connectivity index (χ0) is 19.3. The minimum Gasteiger partial charge on any atom is -0.493 e. The maximum atomic E-state index is 10.7. The number of unbranched alkanes of at least 4 members (excludes halogenated alkanes) is 6. The molecule has 0 radical (unpaired) electrons. The van der Waals surface area contributed by atoms with Crippen LogP contribution in [0.5, 0.6) is 5.75 Å². The normalized spacial score (nSPS) is 12.9. The van der Waals surface area contributed by atoms with Crippen LogP contribution >= 0.6 is 7.82 Å². The van der Waals surface area contributed by atoms with E-state index in [0.29, 0.717) is 13.0 Å². The van der Waals surface area contributed by atoms with E-state index < -0.39 is 7.82 Å². The zero-order valence-electron chi connectivity index (χ0n) is 16.2. The van der Waals surface area contributed by atoms with E-state index in [1.165, 1.54) is 50.5 Å². The Kier molecular flexibility index (Phi) is 11.9. The molecule has 0 bridgehead atoms. The van der Waals surface area contributed by atoms with E-state index in [2.05, 4.69) is 17.5 Å². The van der Waals surface area contributed by atoms with Crippen molar-refractivity contribution < 1.29 is 23.6 Å². The fourth-order valence-electron chi connectivity index (χ4n) is 2.81. The van der Waals surface area contributed by atoms with E-state index in [1.807, 2.05) is 25.1 Å². The molecule has 0 fully saturated rings. The van der Waals surface area contributed by atoms with E-state index in [1.54, 1.807) is 0 Å². The van der Waals surface area contributed by atoms with Gasteiger partial charge in [-0.3, -0.25) is 4.52 Å². The molecular formula is C20H35O5P. The van der Waals surface area contributed by atoms with Gasteiger partial charge >= 0.3 is 7.82 Å². The molecule has 0 aromatic heterocycles. The maximum Gasteiger partial charge on any atom is 0.469 e. The Morgan fingerprint density at radius 3 is 2.38 bits per heavy atom. The Morgan fingerprint density at radius 2 is 1.69 bits per heavy atom. The number of para-hydroxylation sites is 1. The van der Waals surface area contributed by atoms with Crippen LogP contribution in [0.3, 0.4) is 0 Å². The summed E-state index contributed by atoms with van der Waals surface area (Å²) in [5, 5.41) is 0. The Labute approximate surface area is 158 Å². The first-order chi connectivity index (χ1) is 12.4. The first-order valence-electron chi connectivity index (χ1n) is 9.83. The second-order valence-corrected chi connectivity index (χ2v) is 8.25. The third kappa shape index (κ3) is 11.7. The topological polar surface area (TPSA) is 76.0 Å². The van der Waals surface area contributed by atoms with Gasteiger partial charge in [0.15, 0.2) is 0 Å². The van der Waals surface area contributed by atoms with Crippen LogP contribution in [0, 0.1) is 5.92 Å². The summed E-state index contributed by atoms with van der Waals surface area (Å²) in [5.41, 5.74) is 1.24. The minimum absolute atomic E-state index is 0.0362. The Morgan fingerprint density at radius 1 is 1.04 bits per heavy atom. The summed E-state index contributed by atoms with van der Waals surface area (Å²) < 4.78 is 21.1. The first kappa shape index (κ1) is 23.2. The lowest BCUT2D eigenvalue weighted by Gasteiger charge is -2.16. The molecule has 1 rings (SSSR count). The number of rotatable bonds is 15. The van der Waals surface area contributed by atoms with Crippen LogP contribution in [0.2, 0.25) is 0 Å². The zero-order valence-corrected chi connectivity index (χ0v) is 17.1. The van der Waals surface area contributed by atoms with Gasteiger partial charge in [0.2, 0.25) is 0 Å². The van der Waals surface area contributed by atoms with Crippen LogP contribution in [0.15, 0.2) is 24.3 Å². The van der Waals surface area contributed by atoms with Gasteiger partial charge in [-0.05, 0) is 36.8 Å². The van der Waals surface area contributed by atoms with Crippen molar-refractivity contribution in [3.8, 4) is 5.75 Å². The number of hydrogen-bond donors (Lipinski definition) is 2. The summed E-state index contributed by atoms with van der Waals surface area (Å²) in [6.45, 7) is 4.78. The molecule has 0 amide bonds. The van der Waals surface area contributed by atoms with Crippen LogP contribution in [-0.2, 0) is 15.5 Å². The highest BCUT2D eigenvalue weighted by molar-refractivity contribution is 7.46. The predicted octanol–water partition coefficient (Wildman–Crippen LogP) is 5.49. The molecule has 1 unspecified atom stereocenters. The number of aryl methyl sites for hydroxylation is 1. The van der Waals surface area contributed by atoms with Crippen molar-refractivity contribution >= 4 is 7.82 Å². The van der Waals surface area contributed by atoms with Crippen molar-refractivity contribution in [1.29, 1.82) is 0 Å². The van der Waals surface area contributed by atoms with Crippen molar-refractivity contribution in [3.63, 3.8) is 0 Å². The minimum atomic E-state index is -4.37. The molecule has 0 spiro atoms. The van der Waals surface area contributed by atoms with Gasteiger partial charge in [-0.15, -0.1) is 0 Å². The Balaban J connectivity index is 2.28. The largest absolute Gasteiger partial charge is 0.493 e. The van der Waals surface area contributed by atoms with Gasteiger partial charge in [-0.1, -0.05) is 70.6 Å². The smallest absolute Gasteiger partial charge is 0.469 e. The average molecular weight is 386 g/mol. The van der Waals surface area contributed by atoms with Gasteiger partial charge < -0.3 is 14.5 Å². The summed E-state index contributed by atoms with van der Waals surface area (Å²) in [4.78, 5) is 17.4. The van der Waals surface area contributed by atoms with E-state index in [9.17, 15) is 4.57 Å². The molecule has 2 N–H and O–H groups in total. The first-order valence-corrected chi connectivity index (χ1v) is 11.4. The molecular weight excluding hydrogens is 351 g/mol. The molecule has 150 valence electrons. The third-order valence-electron chi connectivity index (χ3n) is 4.42. The molecule has 26 heavy (non-hydrogen) atoms. The standard InChI is InChI=1S/C20H35O5P/c1-3-4-5-6-7-8-9-12-19-13-10-11-14-20(19)24-17-18(2)15-16-25-26(21,22)23/h10-11,13-14,18H,3-9,12,15-17H2,1-2H3,(H2,21,22,23). The molecule has 0 aliphatic heterocycles. The molecule has 1 atom stereocenters. The number of hydrogen-bond acceptors (Lipinski definition) is 3. The third-order valence-corrected chi connectivity index (χ3v) is 4.93. The van der Waals surface area contributed by atoms with E-state index in [0.717, 1.165) is 12.2 Å². The molecule has 1 aromatic rings. The Hall–Kier alpha value is -0.870. The molecule has 1 aromatic carbocycles. The lowest BCUT2D eigenvalue weighted by Crippen LogP contribution is -2.12. The van der Waals surface area contributed by atoms with Crippen molar-refractivity contribution in [2.24, 2.45) is 5.92 Å². The number of ether oxygens (including phenoxy) is 1. The van der Waals surface area contributed by atoms with Gasteiger partial charge in [0.05, 0.1) is 13.2 Å². The predicted molar refractivity (Wildman–Crippen MR) is 105 cm³/mol. The summed E-state index contributed by atoms with van der Waals surface area (Å²) >= 11 is 0. The molecule has 0 saturated carbocycles. The molecule has 0 saturated heterocycles. The van der Waals surface area contributed by atoms with Gasteiger partial charge in [0.1, 0.15) is 5.75 Å². The summed E-state index contributed by atoms with van der Waals surface area (Å²) in [5.74, 6) is 1.08. The highest BCUT2D eigenvalue weighted by atomic mass is 31.2. The van der Waals surface area contributed by atoms with Crippen molar-refractivity contribution in [2.45, 2.75) is 71.6 Å². The van der Waals surface area contributed by atoms with Gasteiger partial charge in [-0.25, -0.2) is 4.57 Å². The van der Waals surface area contributed by atoms with Crippen LogP contribution in [0.4, 0.5) is 0 Å². The number of benzene rings is 1. The lowest BCUT2D eigenvalue weighted by molar-refractivity contribution is 0.170. The summed E-state index contributed by atoms with van der Waals surface area (Å²) in [7, 11) is -4.37.